The summed E-state index contributed by atoms with van der Waals surface area (Å²) >= 11 is 0. The second-order valence-electron chi connectivity index (χ2n) is 3.35. The highest BCUT2D eigenvalue weighted by Crippen LogP contribution is 2.04. The van der Waals surface area contributed by atoms with Crippen LogP contribution in [0.2, 0.25) is 0 Å². The average Bonchev–Trinajstić information content (AvgIpc) is 2.04. The van der Waals surface area contributed by atoms with Gasteiger partial charge in [0, 0.05) is 24.3 Å². The molecule has 3 nitrogen and oxygen atoms in total. The van der Waals surface area contributed by atoms with Gasteiger partial charge < -0.3 is 9.88 Å². The molecule has 0 aliphatic heterocycles. The van der Waals surface area contributed by atoms with Crippen LogP contribution in [0.15, 0.2) is 23.0 Å². The van der Waals surface area contributed by atoms with Crippen molar-refractivity contribution in [2.45, 2.75) is 26.4 Å². The van der Waals surface area contributed by atoms with Crippen LogP contribution in [-0.2, 0) is 6.54 Å². The van der Waals surface area contributed by atoms with E-state index in [0.717, 1.165) is 12.2 Å². The molecule has 0 aliphatic rings. The summed E-state index contributed by atoms with van der Waals surface area (Å²) in [7, 11) is 1.88. The Morgan fingerprint density at radius 2 is 2.15 bits per heavy atom. The topological polar surface area (TPSA) is 34.0 Å². The Morgan fingerprint density at radius 3 is 2.69 bits per heavy atom. The zero-order chi connectivity index (χ0) is 9.84. The molecule has 1 rings (SSSR count). The Labute approximate surface area is 78.4 Å². The van der Waals surface area contributed by atoms with Gasteiger partial charge in [0.05, 0.1) is 0 Å². The van der Waals surface area contributed by atoms with E-state index < -0.39 is 0 Å². The SMILES string of the molecule is CNCc1cccc(=O)n1C(C)C. The molecule has 1 aromatic rings. The monoisotopic (exact) mass is 180 g/mol. The predicted molar refractivity (Wildman–Crippen MR) is 53.9 cm³/mol. The highest BCUT2D eigenvalue weighted by molar-refractivity contribution is 5.07. The van der Waals surface area contributed by atoms with Crippen LogP contribution in [0.25, 0.3) is 0 Å². The first-order chi connectivity index (χ1) is 6.16. The third-order valence-corrected chi connectivity index (χ3v) is 1.95. The van der Waals surface area contributed by atoms with E-state index >= 15 is 0 Å². The van der Waals surface area contributed by atoms with E-state index in [2.05, 4.69) is 5.32 Å². The van der Waals surface area contributed by atoms with Crippen LogP contribution >= 0.6 is 0 Å². The van der Waals surface area contributed by atoms with E-state index in [1.807, 2.05) is 27.0 Å². The summed E-state index contributed by atoms with van der Waals surface area (Å²) in [5.74, 6) is 0. The molecule has 0 aliphatic carbocycles. The third-order valence-electron chi connectivity index (χ3n) is 1.95. The Kier molecular flexibility index (Phi) is 3.25. The summed E-state index contributed by atoms with van der Waals surface area (Å²) in [6, 6.07) is 5.59. The van der Waals surface area contributed by atoms with Crippen molar-refractivity contribution >= 4 is 0 Å². The maximum absolute atomic E-state index is 11.5. The molecule has 1 aromatic heterocycles. The molecule has 0 aromatic carbocycles. The Bertz CT molecular complexity index is 328. The summed E-state index contributed by atoms with van der Waals surface area (Å²) < 4.78 is 1.80. The van der Waals surface area contributed by atoms with E-state index in [1.54, 1.807) is 16.7 Å². The molecule has 13 heavy (non-hydrogen) atoms. The first-order valence-corrected chi connectivity index (χ1v) is 4.52. The fourth-order valence-electron chi connectivity index (χ4n) is 1.45. The van der Waals surface area contributed by atoms with E-state index in [0.29, 0.717) is 0 Å². The molecular weight excluding hydrogens is 164 g/mol. The van der Waals surface area contributed by atoms with Gasteiger partial charge in [0.2, 0.25) is 0 Å². The molecule has 0 saturated carbocycles. The Balaban J connectivity index is 3.18. The lowest BCUT2D eigenvalue weighted by atomic mass is 10.3. The standard InChI is InChI=1S/C10H16N2O/c1-8(2)12-9(7-11-3)5-4-6-10(12)13/h4-6,8,11H,7H2,1-3H3. The van der Waals surface area contributed by atoms with Crippen LogP contribution < -0.4 is 10.9 Å². The van der Waals surface area contributed by atoms with Gasteiger partial charge in [-0.2, -0.15) is 0 Å². The number of aromatic nitrogens is 1. The van der Waals surface area contributed by atoms with Gasteiger partial charge in [-0.3, -0.25) is 4.79 Å². The molecule has 1 heterocycles. The molecule has 0 bridgehead atoms. The summed E-state index contributed by atoms with van der Waals surface area (Å²) in [6.07, 6.45) is 0. The van der Waals surface area contributed by atoms with Crippen LogP contribution in [0, 0.1) is 0 Å². The number of pyridine rings is 1. The van der Waals surface area contributed by atoms with Crippen LogP contribution in [0.4, 0.5) is 0 Å². The Hall–Kier alpha value is -1.09. The van der Waals surface area contributed by atoms with Crippen molar-refractivity contribution in [3.8, 4) is 0 Å². The molecule has 1 N–H and O–H groups in total. The molecule has 0 amide bonds. The second kappa shape index (κ2) is 4.23. The quantitative estimate of drug-likeness (QED) is 0.757. The van der Waals surface area contributed by atoms with E-state index in [9.17, 15) is 4.79 Å². The molecule has 0 fully saturated rings. The van der Waals surface area contributed by atoms with Gasteiger partial charge in [-0.25, -0.2) is 0 Å². The van der Waals surface area contributed by atoms with Crippen LogP contribution in [0.5, 0.6) is 0 Å². The predicted octanol–water partition coefficient (Wildman–Crippen LogP) is 1.15. The zero-order valence-corrected chi connectivity index (χ0v) is 8.37. The van der Waals surface area contributed by atoms with Crippen molar-refractivity contribution in [3.63, 3.8) is 0 Å². The van der Waals surface area contributed by atoms with Crippen molar-refractivity contribution in [2.24, 2.45) is 0 Å². The first kappa shape index (κ1) is 9.99. The summed E-state index contributed by atoms with van der Waals surface area (Å²) in [4.78, 5) is 11.5. The van der Waals surface area contributed by atoms with Gasteiger partial charge in [0.1, 0.15) is 0 Å². The fraction of sp³-hybridized carbons (Fsp3) is 0.500. The number of hydrogen-bond acceptors (Lipinski definition) is 2. The van der Waals surface area contributed by atoms with Crippen LogP contribution in [0.1, 0.15) is 25.6 Å². The summed E-state index contributed by atoms with van der Waals surface area (Å²) in [5.41, 5.74) is 1.10. The minimum absolute atomic E-state index is 0.0720. The van der Waals surface area contributed by atoms with Crippen molar-refractivity contribution in [2.75, 3.05) is 7.05 Å². The van der Waals surface area contributed by atoms with Crippen molar-refractivity contribution in [3.05, 3.63) is 34.2 Å². The van der Waals surface area contributed by atoms with Crippen molar-refractivity contribution in [1.29, 1.82) is 0 Å². The minimum Gasteiger partial charge on any atom is -0.314 e. The average molecular weight is 180 g/mol. The van der Waals surface area contributed by atoms with Crippen molar-refractivity contribution < 1.29 is 0 Å². The molecule has 0 atom stereocenters. The molecular formula is C10H16N2O. The van der Waals surface area contributed by atoms with Crippen LogP contribution in [0.3, 0.4) is 0 Å². The van der Waals surface area contributed by atoms with Gasteiger partial charge in [-0.05, 0) is 27.0 Å². The second-order valence-corrected chi connectivity index (χ2v) is 3.35. The normalized spacial score (nSPS) is 10.8. The lowest BCUT2D eigenvalue weighted by Crippen LogP contribution is -2.26. The number of rotatable bonds is 3. The highest BCUT2D eigenvalue weighted by atomic mass is 16.1. The lowest BCUT2D eigenvalue weighted by Gasteiger charge is -2.15. The highest BCUT2D eigenvalue weighted by Gasteiger charge is 2.04. The van der Waals surface area contributed by atoms with Gasteiger partial charge >= 0.3 is 0 Å². The molecule has 0 unspecified atom stereocenters. The maximum atomic E-state index is 11.5. The third kappa shape index (κ3) is 2.18. The maximum Gasteiger partial charge on any atom is 0.250 e. The van der Waals surface area contributed by atoms with Gasteiger partial charge in [0.15, 0.2) is 0 Å². The zero-order valence-electron chi connectivity index (χ0n) is 8.37. The van der Waals surface area contributed by atoms with Gasteiger partial charge in [0.25, 0.3) is 5.56 Å². The first-order valence-electron chi connectivity index (χ1n) is 4.52. The summed E-state index contributed by atoms with van der Waals surface area (Å²) in [5, 5.41) is 3.05. The lowest BCUT2D eigenvalue weighted by molar-refractivity contribution is 0.540. The Morgan fingerprint density at radius 1 is 1.46 bits per heavy atom. The largest absolute Gasteiger partial charge is 0.314 e. The number of hydrogen-bond donors (Lipinski definition) is 1. The summed E-state index contributed by atoms with van der Waals surface area (Å²) in [6.45, 7) is 4.76. The van der Waals surface area contributed by atoms with E-state index in [4.69, 9.17) is 0 Å². The smallest absolute Gasteiger partial charge is 0.250 e. The number of nitrogens with one attached hydrogen (secondary N) is 1. The molecule has 0 radical (unpaired) electrons. The van der Waals surface area contributed by atoms with E-state index in [-0.39, 0.29) is 11.6 Å². The van der Waals surface area contributed by atoms with Crippen molar-refractivity contribution in [1.82, 2.24) is 9.88 Å². The molecule has 0 spiro atoms. The minimum atomic E-state index is 0.0720. The molecule has 3 heteroatoms. The number of nitrogens with zero attached hydrogens (tertiary/aromatic N) is 1. The van der Waals surface area contributed by atoms with Gasteiger partial charge in [-0.15, -0.1) is 0 Å². The molecule has 72 valence electrons. The van der Waals surface area contributed by atoms with Crippen LogP contribution in [-0.4, -0.2) is 11.6 Å². The van der Waals surface area contributed by atoms with Gasteiger partial charge in [-0.1, -0.05) is 6.07 Å². The molecule has 0 saturated heterocycles. The fourth-order valence-corrected chi connectivity index (χ4v) is 1.45. The van der Waals surface area contributed by atoms with E-state index in [1.165, 1.54) is 0 Å².